The van der Waals surface area contributed by atoms with Crippen LogP contribution in [0.25, 0.3) is 22.2 Å². The van der Waals surface area contributed by atoms with Crippen molar-refractivity contribution in [3.05, 3.63) is 52.8 Å². The first-order chi connectivity index (χ1) is 20.4. The summed E-state index contributed by atoms with van der Waals surface area (Å²) >= 11 is 0. The molecule has 10 heteroatoms. The Bertz CT molecular complexity index is 1460. The molecule has 1 fully saturated rings. The van der Waals surface area contributed by atoms with Crippen molar-refractivity contribution in [2.24, 2.45) is 0 Å². The van der Waals surface area contributed by atoms with Crippen LogP contribution in [-0.4, -0.2) is 65.4 Å². The minimum absolute atomic E-state index is 0.219. The SMILES string of the molecule is CCCCCCCCCCOC(=O)n1nc(-c2ccc3c(c2C(C)N2CCNCC2)C(=O)NC3=O)c2ccc(F)cc21. The largest absolute Gasteiger partial charge is 0.448 e. The molecule has 2 N–H and O–H groups in total. The lowest BCUT2D eigenvalue weighted by molar-refractivity contribution is 0.0878. The highest BCUT2D eigenvalue weighted by molar-refractivity contribution is 6.23. The van der Waals surface area contributed by atoms with Crippen molar-refractivity contribution in [2.45, 2.75) is 71.3 Å². The number of rotatable bonds is 12. The second kappa shape index (κ2) is 13.6. The van der Waals surface area contributed by atoms with Crippen molar-refractivity contribution in [3.8, 4) is 11.3 Å². The first-order valence-electron chi connectivity index (χ1n) is 15.2. The number of unbranched alkanes of at least 4 members (excludes halogenated alkanes) is 7. The number of nitrogens with one attached hydrogen (secondary N) is 2. The topological polar surface area (TPSA) is 106 Å². The van der Waals surface area contributed by atoms with E-state index in [1.807, 2.05) is 6.92 Å². The Labute approximate surface area is 245 Å². The van der Waals surface area contributed by atoms with Gasteiger partial charge < -0.3 is 10.1 Å². The molecular weight excluding hydrogens is 537 g/mol. The smallest absolute Gasteiger partial charge is 0.435 e. The number of piperazine rings is 1. The van der Waals surface area contributed by atoms with Gasteiger partial charge in [0.2, 0.25) is 0 Å². The minimum Gasteiger partial charge on any atom is -0.448 e. The normalized spacial score (nSPS) is 16.1. The van der Waals surface area contributed by atoms with Crippen LogP contribution in [0.15, 0.2) is 30.3 Å². The Morgan fingerprint density at radius 1 is 0.976 bits per heavy atom. The Kier molecular flexibility index (Phi) is 9.64. The maximum atomic E-state index is 14.4. The molecule has 0 spiro atoms. The first kappa shape index (κ1) is 29.8. The van der Waals surface area contributed by atoms with E-state index in [0.717, 1.165) is 50.1 Å². The molecule has 2 amide bonds. The molecule has 2 aliphatic heterocycles. The summed E-state index contributed by atoms with van der Waals surface area (Å²) in [6.07, 6.45) is 8.32. The van der Waals surface area contributed by atoms with E-state index in [-0.39, 0.29) is 18.2 Å². The first-order valence-corrected chi connectivity index (χ1v) is 15.2. The van der Waals surface area contributed by atoms with E-state index in [2.05, 4.69) is 27.6 Å². The lowest BCUT2D eigenvalue weighted by atomic mass is 9.89. The van der Waals surface area contributed by atoms with E-state index >= 15 is 0 Å². The van der Waals surface area contributed by atoms with Gasteiger partial charge >= 0.3 is 6.09 Å². The predicted octanol–water partition coefficient (Wildman–Crippen LogP) is 5.82. The van der Waals surface area contributed by atoms with Gasteiger partial charge in [-0.3, -0.25) is 19.8 Å². The number of ether oxygens (including phenoxy) is 1. The van der Waals surface area contributed by atoms with Gasteiger partial charge in [0, 0.05) is 49.2 Å². The number of imide groups is 1. The minimum atomic E-state index is -0.675. The number of carbonyl (C=O) groups is 3. The van der Waals surface area contributed by atoms with Crippen molar-refractivity contribution in [1.29, 1.82) is 0 Å². The highest BCUT2D eigenvalue weighted by atomic mass is 19.1. The molecule has 2 aliphatic rings. The van der Waals surface area contributed by atoms with Gasteiger partial charge in [-0.15, -0.1) is 0 Å². The molecule has 1 unspecified atom stereocenters. The molecule has 0 radical (unpaired) electrons. The predicted molar refractivity (Wildman–Crippen MR) is 159 cm³/mol. The third kappa shape index (κ3) is 6.24. The van der Waals surface area contributed by atoms with Crippen LogP contribution in [-0.2, 0) is 4.74 Å². The molecule has 9 nitrogen and oxygen atoms in total. The number of aromatic nitrogens is 2. The maximum absolute atomic E-state index is 14.4. The summed E-state index contributed by atoms with van der Waals surface area (Å²) in [6.45, 7) is 7.62. The Morgan fingerprint density at radius 3 is 2.40 bits per heavy atom. The molecule has 2 aromatic carbocycles. The highest BCUT2D eigenvalue weighted by Gasteiger charge is 2.36. The number of benzene rings is 2. The molecule has 3 aromatic rings. The quantitative estimate of drug-likeness (QED) is 0.207. The number of hydrogen-bond acceptors (Lipinski definition) is 7. The number of amides is 2. The van der Waals surface area contributed by atoms with Gasteiger partial charge in [-0.2, -0.15) is 9.78 Å². The van der Waals surface area contributed by atoms with E-state index in [4.69, 9.17) is 4.74 Å². The number of fused-ring (bicyclic) bond motifs is 2. The molecule has 0 aliphatic carbocycles. The molecule has 1 aromatic heterocycles. The zero-order valence-corrected chi connectivity index (χ0v) is 24.5. The van der Waals surface area contributed by atoms with Crippen LogP contribution in [0.1, 0.15) is 97.5 Å². The Hall–Kier alpha value is -3.63. The Morgan fingerprint density at radius 2 is 1.67 bits per heavy atom. The van der Waals surface area contributed by atoms with E-state index in [9.17, 15) is 18.8 Å². The highest BCUT2D eigenvalue weighted by Crippen LogP contribution is 2.39. The molecule has 3 heterocycles. The summed E-state index contributed by atoms with van der Waals surface area (Å²) < 4.78 is 21.1. The van der Waals surface area contributed by atoms with Gasteiger partial charge in [0.05, 0.1) is 23.3 Å². The molecule has 0 saturated carbocycles. The molecule has 42 heavy (non-hydrogen) atoms. The van der Waals surface area contributed by atoms with Crippen molar-refractivity contribution in [3.63, 3.8) is 0 Å². The van der Waals surface area contributed by atoms with Gasteiger partial charge in [-0.25, -0.2) is 9.18 Å². The molecule has 5 rings (SSSR count). The standard InChI is InChI=1S/C32H40FN5O4/c1-3-4-5-6-7-8-9-10-19-42-32(41)38-26-20-22(33)11-12-23(26)29(36-38)24-13-14-25-28(31(40)35-30(25)39)27(24)21(2)37-17-15-34-16-18-37/h11-14,20-21,34H,3-10,15-19H2,1-2H3,(H,35,39,40). The fourth-order valence-electron chi connectivity index (χ4n) is 6.06. The average molecular weight is 578 g/mol. The summed E-state index contributed by atoms with van der Waals surface area (Å²) in [4.78, 5) is 41.1. The van der Waals surface area contributed by atoms with Crippen molar-refractivity contribution in [2.75, 3.05) is 32.8 Å². The second-order valence-electron chi connectivity index (χ2n) is 11.2. The summed E-state index contributed by atoms with van der Waals surface area (Å²) in [5, 5.41) is 11.0. The molecule has 1 atom stereocenters. The van der Waals surface area contributed by atoms with Crippen LogP contribution in [0.4, 0.5) is 9.18 Å². The van der Waals surface area contributed by atoms with Crippen molar-refractivity contribution < 1.29 is 23.5 Å². The lowest BCUT2D eigenvalue weighted by Crippen LogP contribution is -2.44. The second-order valence-corrected chi connectivity index (χ2v) is 11.2. The average Bonchev–Trinajstić information content (AvgIpc) is 3.51. The monoisotopic (exact) mass is 577 g/mol. The van der Waals surface area contributed by atoms with Crippen LogP contribution in [0, 0.1) is 5.82 Å². The Balaban J connectivity index is 1.44. The van der Waals surface area contributed by atoms with Crippen LogP contribution < -0.4 is 10.6 Å². The van der Waals surface area contributed by atoms with Crippen molar-refractivity contribution >= 4 is 28.8 Å². The molecule has 0 bridgehead atoms. The summed E-state index contributed by atoms with van der Waals surface area (Å²) in [5.74, 6) is -1.38. The number of carbonyl (C=O) groups excluding carboxylic acids is 3. The lowest BCUT2D eigenvalue weighted by Gasteiger charge is -2.34. The fourth-order valence-corrected chi connectivity index (χ4v) is 6.06. The maximum Gasteiger partial charge on any atom is 0.435 e. The van der Waals surface area contributed by atoms with Gasteiger partial charge in [-0.05, 0) is 37.1 Å². The van der Waals surface area contributed by atoms with Crippen LogP contribution >= 0.6 is 0 Å². The summed E-state index contributed by atoms with van der Waals surface area (Å²) in [7, 11) is 0. The van der Waals surface area contributed by atoms with E-state index in [1.165, 1.54) is 44.2 Å². The van der Waals surface area contributed by atoms with Gasteiger partial charge in [0.25, 0.3) is 11.8 Å². The third-order valence-corrected chi connectivity index (χ3v) is 8.36. The summed E-state index contributed by atoms with van der Waals surface area (Å²) in [6, 6.07) is 7.36. The molecular formula is C32H40FN5O4. The number of nitrogens with zero attached hydrogens (tertiary/aromatic N) is 3. The summed E-state index contributed by atoms with van der Waals surface area (Å²) in [5.41, 5.74) is 2.65. The van der Waals surface area contributed by atoms with Crippen LogP contribution in [0.5, 0.6) is 0 Å². The van der Waals surface area contributed by atoms with Crippen LogP contribution in [0.3, 0.4) is 0 Å². The third-order valence-electron chi connectivity index (χ3n) is 8.36. The van der Waals surface area contributed by atoms with Gasteiger partial charge in [0.15, 0.2) is 0 Å². The van der Waals surface area contributed by atoms with Gasteiger partial charge in [0.1, 0.15) is 11.5 Å². The molecule has 1 saturated heterocycles. The van der Waals surface area contributed by atoms with E-state index in [1.54, 1.807) is 18.2 Å². The number of halogens is 1. The van der Waals surface area contributed by atoms with E-state index in [0.29, 0.717) is 33.3 Å². The van der Waals surface area contributed by atoms with Crippen molar-refractivity contribution in [1.82, 2.24) is 25.3 Å². The zero-order valence-electron chi connectivity index (χ0n) is 24.5. The van der Waals surface area contributed by atoms with E-state index < -0.39 is 23.7 Å². The van der Waals surface area contributed by atoms with Gasteiger partial charge in [-0.1, -0.05) is 57.9 Å². The fraction of sp³-hybridized carbons (Fsp3) is 0.500. The van der Waals surface area contributed by atoms with Crippen LogP contribution in [0.2, 0.25) is 0 Å². The number of hydrogen-bond donors (Lipinski definition) is 2. The zero-order chi connectivity index (χ0) is 29.6. The molecule has 224 valence electrons.